The van der Waals surface area contributed by atoms with Crippen LogP contribution in [0.25, 0.3) is 0 Å². The molecule has 0 fully saturated rings. The van der Waals surface area contributed by atoms with Gasteiger partial charge in [0, 0.05) is 57.6 Å². The normalized spacial score (nSPS) is 15.5. The van der Waals surface area contributed by atoms with Crippen molar-refractivity contribution in [2.24, 2.45) is 0 Å². The van der Waals surface area contributed by atoms with Gasteiger partial charge in [0.2, 0.25) is 0 Å². The summed E-state index contributed by atoms with van der Waals surface area (Å²) in [5.41, 5.74) is 19.0. The summed E-state index contributed by atoms with van der Waals surface area (Å²) in [5, 5.41) is 0. The summed E-state index contributed by atoms with van der Waals surface area (Å²) >= 11 is 0. The van der Waals surface area contributed by atoms with Crippen molar-refractivity contribution >= 4 is 73.3 Å². The van der Waals surface area contributed by atoms with E-state index in [-0.39, 0.29) is 13.4 Å². The zero-order valence-electron chi connectivity index (χ0n) is 31.5. The second kappa shape index (κ2) is 12.3. The van der Waals surface area contributed by atoms with E-state index in [4.69, 9.17) is 15.0 Å². The van der Waals surface area contributed by atoms with Crippen molar-refractivity contribution in [2.75, 3.05) is 4.90 Å². The van der Waals surface area contributed by atoms with Gasteiger partial charge in [-0.25, -0.2) is 0 Å². The smallest absolute Gasteiger partial charge is 0.251 e. The lowest BCUT2D eigenvalue weighted by Crippen LogP contribution is -2.67. The fourth-order valence-electron chi connectivity index (χ4n) is 9.93. The van der Waals surface area contributed by atoms with E-state index in [9.17, 15) is 0 Å². The molecule has 0 N–H and O–H groups in total. The van der Waals surface area contributed by atoms with E-state index in [1.165, 1.54) is 103 Å². The Bertz CT molecular complexity index is 2410. The van der Waals surface area contributed by atoms with Crippen molar-refractivity contribution in [1.29, 1.82) is 0 Å². The summed E-state index contributed by atoms with van der Waals surface area (Å²) in [6.07, 6.45) is 21.3. The largest absolute Gasteiger partial charge is 0.310 e. The average molecular weight is 705 g/mol. The highest BCUT2D eigenvalue weighted by atomic mass is 32.3. The summed E-state index contributed by atoms with van der Waals surface area (Å²) in [7, 11) is -2.11. The molecule has 0 unspecified atom stereocenters. The number of rotatable bonds is 6. The Hall–Kier alpha value is -5.39. The molecule has 3 aliphatic rings. The second-order valence-electron chi connectivity index (χ2n) is 14.9. The van der Waals surface area contributed by atoms with Crippen LogP contribution in [0.4, 0.5) is 17.1 Å². The van der Waals surface area contributed by atoms with Crippen molar-refractivity contribution in [3.05, 3.63) is 161 Å². The third kappa shape index (κ3) is 4.56. The maximum atomic E-state index is 5.17. The number of anilines is 3. The predicted molar refractivity (Wildman–Crippen MR) is 227 cm³/mol. The Morgan fingerprint density at radius 2 is 1.06 bits per heavy atom. The molecule has 0 radical (unpaired) electrons. The first-order valence-corrected chi connectivity index (χ1v) is 20.1. The molecule has 0 saturated heterocycles. The molecule has 6 heterocycles. The van der Waals surface area contributed by atoms with E-state index in [0.717, 1.165) is 0 Å². The summed E-state index contributed by atoms with van der Waals surface area (Å²) in [6, 6.07) is 20.4. The van der Waals surface area contributed by atoms with Gasteiger partial charge in [0.25, 0.3) is 13.4 Å². The summed E-state index contributed by atoms with van der Waals surface area (Å²) < 4.78 is 0. The minimum Gasteiger partial charge on any atom is -0.310 e. The topological polar surface area (TPSA) is 41.9 Å². The van der Waals surface area contributed by atoms with Crippen LogP contribution in [0.3, 0.4) is 0 Å². The molecule has 9 rings (SSSR count). The van der Waals surface area contributed by atoms with Crippen LogP contribution in [-0.2, 0) is 0 Å². The van der Waals surface area contributed by atoms with E-state index < -0.39 is 10.0 Å². The monoisotopic (exact) mass is 704 g/mol. The summed E-state index contributed by atoms with van der Waals surface area (Å²) in [5.74, 6) is 0. The predicted octanol–water partition coefficient (Wildman–Crippen LogP) is 7.09. The number of nitrogens with zero attached hydrogens (tertiary/aromatic N) is 4. The molecule has 7 heteroatoms. The third-order valence-corrected chi connectivity index (χ3v) is 15.5. The quantitative estimate of drug-likeness (QED) is 0.137. The van der Waals surface area contributed by atoms with E-state index in [1.807, 2.05) is 6.08 Å². The first-order valence-electron chi connectivity index (χ1n) is 18.5. The molecular formula is C46H42B2N4S. The highest BCUT2D eigenvalue weighted by Crippen LogP contribution is 2.79. The van der Waals surface area contributed by atoms with Crippen LogP contribution in [-0.4, -0.2) is 28.4 Å². The molecule has 0 amide bonds. The minimum atomic E-state index is -2.11. The highest BCUT2D eigenvalue weighted by molar-refractivity contribution is 8.37. The van der Waals surface area contributed by atoms with Crippen LogP contribution >= 0.6 is 10.0 Å². The second-order valence-corrected chi connectivity index (χ2v) is 17.9. The zero-order valence-corrected chi connectivity index (χ0v) is 32.3. The first-order chi connectivity index (χ1) is 25.7. The van der Waals surface area contributed by atoms with Gasteiger partial charge in [-0.1, -0.05) is 112 Å². The number of aryl methyl sites for hydroxylation is 6. The number of allylic oxidation sites excluding steroid dienone is 4. The summed E-state index contributed by atoms with van der Waals surface area (Å²) in [4.78, 5) is 23.0. The van der Waals surface area contributed by atoms with Crippen molar-refractivity contribution in [2.45, 2.75) is 63.2 Å². The standard InChI is InChI=1S/C46H42B2N4S/c1-9-11-15-34(10-2)53(35-16-13-12-14-17-35)40-26-50-24-38-45(40)52-44-36(47(38)42-30(5)18-28(3)19-31(42)6)22-49-23-37(44)48(39-25-51-27-41(53)46(39)52)43-32(7)20-29(4)21-33(43)8/h9-27H,1H2,2-8H3/b15-11-,34-10+. The molecule has 0 bridgehead atoms. The van der Waals surface area contributed by atoms with Crippen molar-refractivity contribution in [3.8, 4) is 0 Å². The van der Waals surface area contributed by atoms with Crippen LogP contribution < -0.4 is 37.7 Å². The van der Waals surface area contributed by atoms with Gasteiger partial charge >= 0.3 is 0 Å². The number of aromatic nitrogens is 3. The molecule has 53 heavy (non-hydrogen) atoms. The minimum absolute atomic E-state index is 0.0480. The Morgan fingerprint density at radius 1 is 0.623 bits per heavy atom. The average Bonchev–Trinajstić information content (AvgIpc) is 3.14. The molecule has 3 aliphatic heterocycles. The van der Waals surface area contributed by atoms with Gasteiger partial charge in [-0.05, 0) is 93.4 Å². The van der Waals surface area contributed by atoms with Gasteiger partial charge in [0.1, 0.15) is 0 Å². The van der Waals surface area contributed by atoms with E-state index in [0.29, 0.717) is 0 Å². The molecule has 3 aromatic carbocycles. The molecule has 0 atom stereocenters. The molecule has 6 aromatic rings. The van der Waals surface area contributed by atoms with Crippen LogP contribution in [0.1, 0.15) is 40.3 Å². The number of pyridine rings is 3. The Balaban J connectivity index is 1.52. The molecule has 0 saturated carbocycles. The van der Waals surface area contributed by atoms with Gasteiger partial charge in [-0.15, -0.1) is 10.0 Å². The van der Waals surface area contributed by atoms with Gasteiger partial charge < -0.3 is 4.90 Å². The van der Waals surface area contributed by atoms with Crippen LogP contribution in [0.5, 0.6) is 0 Å². The van der Waals surface area contributed by atoms with Crippen molar-refractivity contribution in [3.63, 3.8) is 0 Å². The Kier molecular flexibility index (Phi) is 7.79. The third-order valence-electron chi connectivity index (χ3n) is 11.6. The van der Waals surface area contributed by atoms with Crippen molar-refractivity contribution in [1.82, 2.24) is 15.0 Å². The number of hydrogen-bond acceptors (Lipinski definition) is 4. The van der Waals surface area contributed by atoms with E-state index >= 15 is 0 Å². The van der Waals surface area contributed by atoms with Crippen LogP contribution in [0, 0.1) is 41.5 Å². The fourth-order valence-corrected chi connectivity index (χ4v) is 14.1. The van der Waals surface area contributed by atoms with E-state index in [1.54, 1.807) is 0 Å². The molecule has 0 aliphatic carbocycles. The van der Waals surface area contributed by atoms with Gasteiger partial charge in [-0.2, -0.15) is 0 Å². The SMILES string of the molecule is C=C/C=C\C(=C/C)S1(c2ccccc2)c2cncc3c2N2c4c(cncc4B(c4c(C)cc(C)cc4C)c4cncc1c42)B3c1c(C)cc(C)cc1C. The number of hydrogen-bond donors (Lipinski definition) is 0. The lowest BCUT2D eigenvalue weighted by Gasteiger charge is -2.55. The molecule has 258 valence electrons. The van der Waals surface area contributed by atoms with E-state index in [2.05, 4.69) is 170 Å². The summed E-state index contributed by atoms with van der Waals surface area (Å²) in [6.45, 7) is 19.6. The molecule has 4 nitrogen and oxygen atoms in total. The molecule has 3 aromatic heterocycles. The fraction of sp³-hybridized carbons (Fsp3) is 0.152. The maximum absolute atomic E-state index is 5.17. The van der Waals surface area contributed by atoms with Gasteiger partial charge in [-0.3, -0.25) is 15.0 Å². The molecular weight excluding hydrogens is 662 g/mol. The lowest BCUT2D eigenvalue weighted by molar-refractivity contribution is 1.09. The lowest BCUT2D eigenvalue weighted by atomic mass is 9.30. The highest BCUT2D eigenvalue weighted by Gasteiger charge is 2.53. The Labute approximate surface area is 315 Å². The molecule has 0 spiro atoms. The van der Waals surface area contributed by atoms with Gasteiger partial charge in [0.05, 0.1) is 11.4 Å². The van der Waals surface area contributed by atoms with Crippen molar-refractivity contribution < 1.29 is 0 Å². The Morgan fingerprint density at radius 3 is 1.49 bits per heavy atom. The zero-order chi connectivity index (χ0) is 36.8. The number of benzene rings is 3. The maximum Gasteiger partial charge on any atom is 0.251 e. The van der Waals surface area contributed by atoms with Gasteiger partial charge in [0.15, 0.2) is 0 Å². The van der Waals surface area contributed by atoms with Crippen LogP contribution in [0.15, 0.2) is 142 Å². The first kappa shape index (κ1) is 33.4. The van der Waals surface area contributed by atoms with Crippen LogP contribution in [0.2, 0.25) is 0 Å².